The monoisotopic (exact) mass is 396 g/mol. The summed E-state index contributed by atoms with van der Waals surface area (Å²) in [5.74, 6) is 1.24. The smallest absolute Gasteiger partial charge is 0.191 e. The maximum atomic E-state index is 10.4. The molecule has 1 aliphatic rings. The van der Waals surface area contributed by atoms with E-state index >= 15 is 0 Å². The van der Waals surface area contributed by atoms with Gasteiger partial charge in [-0.2, -0.15) is 0 Å². The first kappa shape index (κ1) is 22.0. The number of nitrogens with zero attached hydrogens (tertiary/aromatic N) is 2. The number of aliphatic hydroxyl groups is 1. The summed E-state index contributed by atoms with van der Waals surface area (Å²) in [6.07, 6.45) is -0.619. The van der Waals surface area contributed by atoms with Crippen LogP contribution in [0.1, 0.15) is 32.4 Å². The highest BCUT2D eigenvalue weighted by Crippen LogP contribution is 2.16. The van der Waals surface area contributed by atoms with Crippen molar-refractivity contribution in [3.63, 3.8) is 0 Å². The Morgan fingerprint density at radius 2 is 1.89 bits per heavy atom. The van der Waals surface area contributed by atoms with Crippen LogP contribution in [0.3, 0.4) is 0 Å². The second-order valence-corrected chi connectivity index (χ2v) is 7.56. The van der Waals surface area contributed by atoms with E-state index in [9.17, 15) is 5.11 Å². The fourth-order valence-electron chi connectivity index (χ4n) is 3.18. The van der Waals surface area contributed by atoms with Gasteiger partial charge in [0.25, 0.3) is 0 Å². The van der Waals surface area contributed by atoms with Crippen LogP contribution in [0.4, 0.5) is 0 Å². The quantitative estimate of drug-likeness (QED) is 0.464. The van der Waals surface area contributed by atoms with Crippen molar-refractivity contribution >= 4 is 17.6 Å². The highest BCUT2D eigenvalue weighted by Gasteiger charge is 2.23. The summed E-state index contributed by atoms with van der Waals surface area (Å²) in [7, 11) is 0. The molecule has 1 aromatic rings. The summed E-state index contributed by atoms with van der Waals surface area (Å²) in [6, 6.07) is 7.63. The van der Waals surface area contributed by atoms with E-state index in [1.807, 2.05) is 19.1 Å². The van der Waals surface area contributed by atoms with Gasteiger partial charge in [0.1, 0.15) is 0 Å². The summed E-state index contributed by atoms with van der Waals surface area (Å²) in [5, 5.41) is 17.6. The summed E-state index contributed by atoms with van der Waals surface area (Å²) in [4.78, 5) is 7.23. The van der Waals surface area contributed by atoms with Crippen LogP contribution in [0, 0.1) is 5.92 Å². The van der Waals surface area contributed by atoms with Crippen molar-refractivity contribution in [1.29, 1.82) is 0 Å². The molecular weight excluding hydrogens is 364 g/mol. The van der Waals surface area contributed by atoms with Gasteiger partial charge in [-0.15, -0.1) is 0 Å². The molecule has 0 aromatic heterocycles. The van der Waals surface area contributed by atoms with Crippen molar-refractivity contribution in [3.05, 3.63) is 34.9 Å². The summed E-state index contributed by atoms with van der Waals surface area (Å²) in [5.41, 5.74) is 0.830. The zero-order valence-corrected chi connectivity index (χ0v) is 17.4. The van der Waals surface area contributed by atoms with Crippen molar-refractivity contribution in [2.45, 2.75) is 32.9 Å². The van der Waals surface area contributed by atoms with Gasteiger partial charge in [0.05, 0.1) is 25.9 Å². The third-order valence-corrected chi connectivity index (χ3v) is 5.03. The van der Waals surface area contributed by atoms with E-state index < -0.39 is 6.10 Å². The molecule has 0 spiro atoms. The van der Waals surface area contributed by atoms with Crippen LogP contribution >= 0.6 is 11.6 Å². The molecule has 0 amide bonds. The molecule has 6 nitrogen and oxygen atoms in total. The van der Waals surface area contributed by atoms with Gasteiger partial charge >= 0.3 is 0 Å². The Hall–Kier alpha value is -1.34. The molecule has 2 unspecified atom stereocenters. The minimum atomic E-state index is -0.619. The van der Waals surface area contributed by atoms with Gasteiger partial charge in [0.15, 0.2) is 5.96 Å². The lowest BCUT2D eigenvalue weighted by Gasteiger charge is -2.36. The predicted octanol–water partition coefficient (Wildman–Crippen LogP) is 2.29. The molecule has 1 aliphatic heterocycles. The number of aliphatic hydroxyl groups excluding tert-OH is 1. The Kier molecular flexibility index (Phi) is 9.34. The third kappa shape index (κ3) is 7.30. The molecule has 3 N–H and O–H groups in total. The second-order valence-electron chi connectivity index (χ2n) is 7.13. The van der Waals surface area contributed by atoms with Gasteiger partial charge in [0, 0.05) is 37.2 Å². The van der Waals surface area contributed by atoms with Gasteiger partial charge in [-0.25, -0.2) is 0 Å². The minimum absolute atomic E-state index is 0.380. The molecule has 0 bridgehead atoms. The van der Waals surface area contributed by atoms with Crippen LogP contribution in [-0.2, 0) is 4.74 Å². The number of benzene rings is 1. The minimum Gasteiger partial charge on any atom is -0.387 e. The van der Waals surface area contributed by atoms with Crippen molar-refractivity contribution in [3.8, 4) is 0 Å². The van der Waals surface area contributed by atoms with Crippen LogP contribution in [0.15, 0.2) is 29.3 Å². The maximum Gasteiger partial charge on any atom is 0.191 e. The number of hydrogen-bond donors (Lipinski definition) is 3. The third-order valence-electron chi connectivity index (χ3n) is 4.78. The second kappa shape index (κ2) is 11.5. The van der Waals surface area contributed by atoms with Gasteiger partial charge in [-0.3, -0.25) is 9.89 Å². The molecule has 1 aromatic carbocycles. The van der Waals surface area contributed by atoms with E-state index in [-0.39, 0.29) is 0 Å². The van der Waals surface area contributed by atoms with Crippen LogP contribution in [-0.4, -0.2) is 67.9 Å². The first-order valence-electron chi connectivity index (χ1n) is 9.78. The van der Waals surface area contributed by atoms with E-state index in [2.05, 4.69) is 29.4 Å². The normalized spacial score (nSPS) is 18.4. The van der Waals surface area contributed by atoms with Gasteiger partial charge in [-0.1, -0.05) is 37.6 Å². The predicted molar refractivity (Wildman–Crippen MR) is 111 cm³/mol. The molecule has 0 saturated carbocycles. The highest BCUT2D eigenvalue weighted by molar-refractivity contribution is 6.30. The number of ether oxygens (including phenoxy) is 1. The Morgan fingerprint density at radius 1 is 1.22 bits per heavy atom. The maximum absolute atomic E-state index is 10.4. The van der Waals surface area contributed by atoms with E-state index in [0.29, 0.717) is 30.1 Å². The van der Waals surface area contributed by atoms with Gasteiger partial charge in [-0.05, 0) is 30.5 Å². The van der Waals surface area contributed by atoms with E-state index in [1.165, 1.54) is 0 Å². The van der Waals surface area contributed by atoms with E-state index in [4.69, 9.17) is 21.3 Å². The largest absolute Gasteiger partial charge is 0.387 e. The number of guanidine groups is 1. The molecule has 1 heterocycles. The summed E-state index contributed by atoms with van der Waals surface area (Å²) >= 11 is 5.91. The lowest BCUT2D eigenvalue weighted by atomic mass is 10.0. The van der Waals surface area contributed by atoms with Crippen molar-refractivity contribution in [1.82, 2.24) is 15.5 Å². The SMILES string of the molecule is CCNC(=NCC(C(C)C)N1CCOCC1)NCC(O)c1ccc(Cl)cc1. The zero-order valence-electron chi connectivity index (χ0n) is 16.6. The van der Waals surface area contributed by atoms with Crippen molar-refractivity contribution in [2.75, 3.05) is 45.9 Å². The number of nitrogens with one attached hydrogen (secondary N) is 2. The Bertz CT molecular complexity index is 574. The Morgan fingerprint density at radius 3 is 2.48 bits per heavy atom. The first-order chi connectivity index (χ1) is 13.0. The summed E-state index contributed by atoms with van der Waals surface area (Å²) in [6.45, 7) is 11.9. The van der Waals surface area contributed by atoms with Crippen molar-refractivity contribution in [2.24, 2.45) is 10.9 Å². The van der Waals surface area contributed by atoms with Crippen LogP contribution in [0.5, 0.6) is 0 Å². The average molecular weight is 397 g/mol. The molecule has 152 valence electrons. The zero-order chi connectivity index (χ0) is 19.6. The first-order valence-corrected chi connectivity index (χ1v) is 10.2. The number of hydrogen-bond acceptors (Lipinski definition) is 4. The number of aliphatic imine (C=N–C) groups is 1. The van der Waals surface area contributed by atoms with Crippen LogP contribution in [0.2, 0.25) is 5.02 Å². The van der Waals surface area contributed by atoms with Crippen molar-refractivity contribution < 1.29 is 9.84 Å². The average Bonchev–Trinajstić information content (AvgIpc) is 2.67. The van der Waals surface area contributed by atoms with Crippen LogP contribution in [0.25, 0.3) is 0 Å². The lowest BCUT2D eigenvalue weighted by Crippen LogP contribution is -2.48. The standard InChI is InChI=1S/C20H33ClN4O2/c1-4-22-20(24-14-19(26)16-5-7-17(21)8-6-16)23-13-18(15(2)3)25-9-11-27-12-10-25/h5-8,15,18-19,26H,4,9-14H2,1-3H3,(H2,22,23,24). The molecular formula is C20H33ClN4O2. The molecule has 27 heavy (non-hydrogen) atoms. The van der Waals surface area contributed by atoms with E-state index in [0.717, 1.165) is 44.4 Å². The number of halogens is 1. The van der Waals surface area contributed by atoms with Crippen LogP contribution < -0.4 is 10.6 Å². The molecule has 2 atom stereocenters. The molecule has 1 fully saturated rings. The highest BCUT2D eigenvalue weighted by atomic mass is 35.5. The number of morpholine rings is 1. The number of rotatable bonds is 8. The van der Waals surface area contributed by atoms with Gasteiger partial charge < -0.3 is 20.5 Å². The Labute approximate surface area is 168 Å². The van der Waals surface area contributed by atoms with Gasteiger partial charge in [0.2, 0.25) is 0 Å². The Balaban J connectivity index is 1.94. The molecule has 1 saturated heterocycles. The molecule has 0 radical (unpaired) electrons. The molecule has 2 rings (SSSR count). The molecule has 0 aliphatic carbocycles. The lowest BCUT2D eigenvalue weighted by molar-refractivity contribution is 0.00867. The molecule has 7 heteroatoms. The topological polar surface area (TPSA) is 69.1 Å². The fraction of sp³-hybridized carbons (Fsp3) is 0.650. The summed E-state index contributed by atoms with van der Waals surface area (Å²) < 4.78 is 5.47. The van der Waals surface area contributed by atoms with E-state index in [1.54, 1.807) is 12.1 Å². The fourth-order valence-corrected chi connectivity index (χ4v) is 3.31.